The number of rotatable bonds is 5. The zero-order chi connectivity index (χ0) is 20.5. The highest BCUT2D eigenvalue weighted by molar-refractivity contribution is 6.02. The summed E-state index contributed by atoms with van der Waals surface area (Å²) in [6.45, 7) is 4.14. The van der Waals surface area contributed by atoms with Crippen LogP contribution >= 0.6 is 0 Å². The van der Waals surface area contributed by atoms with Gasteiger partial charge in [-0.25, -0.2) is 4.39 Å². The molecule has 3 aromatic rings. The van der Waals surface area contributed by atoms with E-state index in [1.807, 2.05) is 13.8 Å². The number of nitrogens with one attached hydrogen (secondary N) is 1. The van der Waals surface area contributed by atoms with E-state index >= 15 is 0 Å². The largest absolute Gasteiger partial charge is 0.401 e. The molecule has 1 fully saturated rings. The van der Waals surface area contributed by atoms with Gasteiger partial charge < -0.3 is 9.32 Å². The first-order chi connectivity index (χ1) is 13.9. The third kappa shape index (κ3) is 3.73. The second-order valence-electron chi connectivity index (χ2n) is 7.04. The number of anilines is 2. The molecule has 0 unspecified atom stereocenters. The van der Waals surface area contributed by atoms with E-state index in [0.29, 0.717) is 11.4 Å². The van der Waals surface area contributed by atoms with Crippen LogP contribution in [0.4, 0.5) is 16.1 Å². The van der Waals surface area contributed by atoms with Crippen LogP contribution in [0, 0.1) is 11.7 Å². The van der Waals surface area contributed by atoms with E-state index in [-0.39, 0.29) is 42.6 Å². The van der Waals surface area contributed by atoms with Gasteiger partial charge in [0.1, 0.15) is 11.5 Å². The summed E-state index contributed by atoms with van der Waals surface area (Å²) in [5.74, 6) is -1.33. The number of halogens is 1. The molecule has 2 amide bonds. The molecular formula is C19H19FN6O3. The average molecular weight is 398 g/mol. The van der Waals surface area contributed by atoms with E-state index in [2.05, 4.69) is 20.6 Å². The van der Waals surface area contributed by atoms with E-state index in [9.17, 15) is 14.0 Å². The SMILES string of the molecule is CC(C)n1nccc1-c1nnc(NC(=O)[C@@H]2CC(=O)N(c3ccc(F)cc3)C2)o1. The van der Waals surface area contributed by atoms with Crippen molar-refractivity contribution < 1.29 is 18.4 Å². The Morgan fingerprint density at radius 3 is 2.72 bits per heavy atom. The lowest BCUT2D eigenvalue weighted by molar-refractivity contribution is -0.122. The normalized spacial score (nSPS) is 16.6. The van der Waals surface area contributed by atoms with Gasteiger partial charge in [-0.3, -0.25) is 19.6 Å². The lowest BCUT2D eigenvalue weighted by Gasteiger charge is -2.16. The molecule has 3 heterocycles. The summed E-state index contributed by atoms with van der Waals surface area (Å²) in [7, 11) is 0. The topological polar surface area (TPSA) is 106 Å². The van der Waals surface area contributed by atoms with Gasteiger partial charge in [-0.1, -0.05) is 5.10 Å². The van der Waals surface area contributed by atoms with Crippen LogP contribution in [0.2, 0.25) is 0 Å². The Morgan fingerprint density at radius 2 is 2.00 bits per heavy atom. The fourth-order valence-corrected chi connectivity index (χ4v) is 3.23. The van der Waals surface area contributed by atoms with Crippen molar-refractivity contribution in [2.75, 3.05) is 16.8 Å². The van der Waals surface area contributed by atoms with E-state index in [1.165, 1.54) is 29.2 Å². The van der Waals surface area contributed by atoms with Crippen LogP contribution < -0.4 is 10.2 Å². The van der Waals surface area contributed by atoms with Crippen LogP contribution in [0.3, 0.4) is 0 Å². The Bertz CT molecular complexity index is 1040. The maximum atomic E-state index is 13.1. The third-order valence-electron chi connectivity index (χ3n) is 4.67. The van der Waals surface area contributed by atoms with E-state index < -0.39 is 11.8 Å². The Morgan fingerprint density at radius 1 is 1.24 bits per heavy atom. The Hall–Kier alpha value is -3.56. The quantitative estimate of drug-likeness (QED) is 0.708. The van der Waals surface area contributed by atoms with Crippen molar-refractivity contribution in [2.24, 2.45) is 5.92 Å². The number of hydrogen-bond donors (Lipinski definition) is 1. The molecule has 10 heteroatoms. The molecule has 150 valence electrons. The van der Waals surface area contributed by atoms with Crippen molar-refractivity contribution in [1.29, 1.82) is 0 Å². The molecule has 9 nitrogen and oxygen atoms in total. The van der Waals surface area contributed by atoms with Gasteiger partial charge in [0.2, 0.25) is 11.8 Å². The molecule has 0 spiro atoms. The van der Waals surface area contributed by atoms with Crippen molar-refractivity contribution >= 4 is 23.5 Å². The standard InChI is InChI=1S/C19H19FN6O3/c1-11(2)26-15(7-8-21-26)18-23-24-19(29-18)22-17(28)12-9-16(27)25(10-12)14-5-3-13(20)4-6-14/h3-8,11-12H,9-10H2,1-2H3,(H,22,24,28)/t12-/m1/s1. The van der Waals surface area contributed by atoms with Crippen molar-refractivity contribution in [2.45, 2.75) is 26.3 Å². The number of amides is 2. The van der Waals surface area contributed by atoms with Crippen LogP contribution in [-0.4, -0.2) is 38.3 Å². The molecule has 1 N–H and O–H groups in total. The summed E-state index contributed by atoms with van der Waals surface area (Å²) in [5, 5.41) is 14.6. The van der Waals surface area contributed by atoms with Gasteiger partial charge in [0.05, 0.1) is 5.92 Å². The molecule has 0 saturated carbocycles. The second-order valence-corrected chi connectivity index (χ2v) is 7.04. The van der Waals surface area contributed by atoms with E-state index in [0.717, 1.165) is 0 Å². The van der Waals surface area contributed by atoms with Crippen LogP contribution in [0.15, 0.2) is 40.9 Å². The minimum Gasteiger partial charge on any atom is -0.401 e. The molecule has 29 heavy (non-hydrogen) atoms. The minimum absolute atomic E-state index is 0.0460. The van der Waals surface area contributed by atoms with Crippen molar-refractivity contribution in [1.82, 2.24) is 20.0 Å². The Kier molecular flexibility index (Phi) is 4.83. The first-order valence-corrected chi connectivity index (χ1v) is 9.16. The monoisotopic (exact) mass is 398 g/mol. The van der Waals surface area contributed by atoms with Crippen molar-refractivity contribution in [3.63, 3.8) is 0 Å². The highest BCUT2D eigenvalue weighted by Crippen LogP contribution is 2.27. The van der Waals surface area contributed by atoms with Crippen LogP contribution in [-0.2, 0) is 9.59 Å². The maximum Gasteiger partial charge on any atom is 0.322 e. The highest BCUT2D eigenvalue weighted by atomic mass is 19.1. The Balaban J connectivity index is 1.44. The summed E-state index contributed by atoms with van der Waals surface area (Å²) in [4.78, 5) is 26.3. The van der Waals surface area contributed by atoms with Gasteiger partial charge in [0.25, 0.3) is 5.89 Å². The molecule has 0 bridgehead atoms. The van der Waals surface area contributed by atoms with Crippen LogP contribution in [0.1, 0.15) is 26.3 Å². The number of carbonyl (C=O) groups is 2. The number of carbonyl (C=O) groups excluding carboxylic acids is 2. The maximum absolute atomic E-state index is 13.1. The lowest BCUT2D eigenvalue weighted by atomic mass is 10.1. The molecule has 1 aliphatic rings. The molecule has 2 aromatic heterocycles. The second kappa shape index (κ2) is 7.46. The predicted octanol–water partition coefficient (Wildman–Crippen LogP) is 2.64. The van der Waals surface area contributed by atoms with Crippen molar-refractivity contribution in [3.8, 4) is 11.6 Å². The van der Waals surface area contributed by atoms with Gasteiger partial charge in [-0.2, -0.15) is 5.10 Å². The summed E-state index contributed by atoms with van der Waals surface area (Å²) < 4.78 is 20.4. The molecule has 4 rings (SSSR count). The van der Waals surface area contributed by atoms with Crippen LogP contribution in [0.5, 0.6) is 0 Å². The Labute approximate surface area is 165 Å². The average Bonchev–Trinajstić information content (AvgIpc) is 3.41. The van der Waals surface area contributed by atoms with Gasteiger partial charge in [0.15, 0.2) is 0 Å². The first kappa shape index (κ1) is 18.8. The van der Waals surface area contributed by atoms with Gasteiger partial charge >= 0.3 is 6.01 Å². The summed E-state index contributed by atoms with van der Waals surface area (Å²) in [6.07, 6.45) is 1.68. The zero-order valence-corrected chi connectivity index (χ0v) is 15.9. The third-order valence-corrected chi connectivity index (χ3v) is 4.67. The fraction of sp³-hybridized carbons (Fsp3) is 0.316. The van der Waals surface area contributed by atoms with Crippen molar-refractivity contribution in [3.05, 3.63) is 42.3 Å². The summed E-state index contributed by atoms with van der Waals surface area (Å²) in [5.41, 5.74) is 1.19. The molecule has 1 saturated heterocycles. The molecule has 1 atom stereocenters. The van der Waals surface area contributed by atoms with Gasteiger partial charge in [0, 0.05) is 30.9 Å². The van der Waals surface area contributed by atoms with Gasteiger partial charge in [-0.05, 0) is 44.2 Å². The number of hydrogen-bond acceptors (Lipinski definition) is 6. The smallest absolute Gasteiger partial charge is 0.322 e. The van der Waals surface area contributed by atoms with E-state index in [1.54, 1.807) is 16.9 Å². The fourth-order valence-electron chi connectivity index (χ4n) is 3.23. The van der Waals surface area contributed by atoms with Crippen LogP contribution in [0.25, 0.3) is 11.6 Å². The predicted molar refractivity (Wildman–Crippen MR) is 101 cm³/mol. The highest BCUT2D eigenvalue weighted by Gasteiger charge is 2.35. The minimum atomic E-state index is -0.580. The van der Waals surface area contributed by atoms with Gasteiger partial charge in [-0.15, -0.1) is 5.10 Å². The summed E-state index contributed by atoms with van der Waals surface area (Å²) >= 11 is 0. The summed E-state index contributed by atoms with van der Waals surface area (Å²) in [6, 6.07) is 7.37. The molecule has 1 aromatic carbocycles. The molecular weight excluding hydrogens is 379 g/mol. The number of nitrogens with zero attached hydrogens (tertiary/aromatic N) is 5. The zero-order valence-electron chi connectivity index (χ0n) is 15.9. The number of aromatic nitrogens is 4. The molecule has 1 aliphatic heterocycles. The van der Waals surface area contributed by atoms with E-state index in [4.69, 9.17) is 4.42 Å². The number of benzene rings is 1. The lowest BCUT2D eigenvalue weighted by Crippen LogP contribution is -2.28. The molecule has 0 aliphatic carbocycles. The molecule has 0 radical (unpaired) electrons. The first-order valence-electron chi connectivity index (χ1n) is 9.16.